The third-order valence-corrected chi connectivity index (χ3v) is 6.79. The van der Waals surface area contributed by atoms with E-state index in [9.17, 15) is 4.79 Å². The van der Waals surface area contributed by atoms with Gasteiger partial charge in [-0.3, -0.25) is 4.79 Å². The highest BCUT2D eigenvalue weighted by atomic mass is 16.1. The van der Waals surface area contributed by atoms with Crippen molar-refractivity contribution in [2.24, 2.45) is 10.8 Å². The van der Waals surface area contributed by atoms with Gasteiger partial charge < -0.3 is 0 Å². The zero-order valence-electron chi connectivity index (χ0n) is 18.1. The van der Waals surface area contributed by atoms with Crippen molar-refractivity contribution < 1.29 is 4.79 Å². The number of fused-ring (bicyclic) bond motifs is 2. The number of hydrogen-bond donors (Lipinski definition) is 0. The number of hydrogen-bond acceptors (Lipinski definition) is 1. The first-order valence-electron chi connectivity index (χ1n) is 10.7. The molecule has 0 saturated heterocycles. The summed E-state index contributed by atoms with van der Waals surface area (Å²) in [6, 6.07) is 19.4. The molecule has 0 radical (unpaired) electrons. The first-order chi connectivity index (χ1) is 13.3. The molecule has 148 valence electrons. The van der Waals surface area contributed by atoms with Gasteiger partial charge in [0.1, 0.15) is 5.78 Å². The SMILES string of the molecule is CCCCC(C)(C(=O)CCc1c2ccccc2cc2ccccc12)C(C)(C)C. The summed E-state index contributed by atoms with van der Waals surface area (Å²) in [5, 5.41) is 5.07. The Kier molecular flexibility index (Phi) is 5.93. The Morgan fingerprint density at radius 1 is 0.857 bits per heavy atom. The fourth-order valence-corrected chi connectivity index (χ4v) is 4.35. The van der Waals surface area contributed by atoms with Gasteiger partial charge in [0.15, 0.2) is 0 Å². The summed E-state index contributed by atoms with van der Waals surface area (Å²) in [6.45, 7) is 11.0. The molecule has 0 bridgehead atoms. The molecule has 3 aromatic carbocycles. The maximum Gasteiger partial charge on any atom is 0.139 e. The summed E-state index contributed by atoms with van der Waals surface area (Å²) in [7, 11) is 0. The molecular formula is C27H34O. The second kappa shape index (κ2) is 8.07. The number of rotatable bonds is 7. The van der Waals surface area contributed by atoms with Crippen LogP contribution in [0.1, 0.15) is 65.9 Å². The van der Waals surface area contributed by atoms with E-state index in [0.29, 0.717) is 12.2 Å². The summed E-state index contributed by atoms with van der Waals surface area (Å²) in [5.74, 6) is 0.408. The smallest absolute Gasteiger partial charge is 0.139 e. The van der Waals surface area contributed by atoms with Gasteiger partial charge in [-0.1, -0.05) is 96.0 Å². The second-order valence-electron chi connectivity index (χ2n) is 9.41. The van der Waals surface area contributed by atoms with Crippen LogP contribution >= 0.6 is 0 Å². The van der Waals surface area contributed by atoms with Crippen molar-refractivity contribution in [2.75, 3.05) is 0 Å². The van der Waals surface area contributed by atoms with Gasteiger partial charge in [-0.15, -0.1) is 0 Å². The Balaban J connectivity index is 1.97. The van der Waals surface area contributed by atoms with Gasteiger partial charge in [0.2, 0.25) is 0 Å². The number of carbonyl (C=O) groups excluding carboxylic acids is 1. The molecule has 0 aliphatic heterocycles. The van der Waals surface area contributed by atoms with Gasteiger partial charge in [0, 0.05) is 11.8 Å². The van der Waals surface area contributed by atoms with Crippen LogP contribution < -0.4 is 0 Å². The van der Waals surface area contributed by atoms with Gasteiger partial charge in [-0.2, -0.15) is 0 Å². The Morgan fingerprint density at radius 2 is 1.39 bits per heavy atom. The molecule has 0 aliphatic rings. The standard InChI is InChI=1S/C27H34O/c1-6-7-18-27(5,26(2,3)4)25(28)17-16-24-22-14-10-8-12-20(22)19-21-13-9-11-15-23(21)24/h8-15,19H,6-7,16-18H2,1-5H3. The molecule has 1 atom stereocenters. The van der Waals surface area contributed by atoms with E-state index in [1.165, 1.54) is 27.1 Å². The van der Waals surface area contributed by atoms with E-state index in [-0.39, 0.29) is 10.8 Å². The predicted octanol–water partition coefficient (Wildman–Crippen LogP) is 7.74. The number of aryl methyl sites for hydroxylation is 1. The van der Waals surface area contributed by atoms with Crippen molar-refractivity contribution in [3.05, 3.63) is 60.2 Å². The minimum atomic E-state index is -0.274. The van der Waals surface area contributed by atoms with Gasteiger partial charge in [0.25, 0.3) is 0 Å². The lowest BCUT2D eigenvalue weighted by atomic mass is 9.62. The first-order valence-corrected chi connectivity index (χ1v) is 10.7. The van der Waals surface area contributed by atoms with Crippen LogP contribution in [0, 0.1) is 10.8 Å². The molecule has 1 unspecified atom stereocenters. The maximum atomic E-state index is 13.5. The van der Waals surface area contributed by atoms with Crippen LogP contribution in [0.4, 0.5) is 0 Å². The highest BCUT2D eigenvalue weighted by molar-refractivity contribution is 6.02. The molecule has 1 heteroatoms. The minimum absolute atomic E-state index is 0.0277. The third-order valence-electron chi connectivity index (χ3n) is 6.79. The van der Waals surface area contributed by atoms with Gasteiger partial charge in [0.05, 0.1) is 0 Å². The van der Waals surface area contributed by atoms with Crippen LogP contribution in [0.15, 0.2) is 54.6 Å². The topological polar surface area (TPSA) is 17.1 Å². The summed E-state index contributed by atoms with van der Waals surface area (Å²) in [5.41, 5.74) is 1.01. The summed E-state index contributed by atoms with van der Waals surface area (Å²) >= 11 is 0. The van der Waals surface area contributed by atoms with Gasteiger partial charge >= 0.3 is 0 Å². The number of carbonyl (C=O) groups is 1. The largest absolute Gasteiger partial charge is 0.299 e. The Labute approximate surface area is 170 Å². The van der Waals surface area contributed by atoms with Gasteiger partial charge in [-0.25, -0.2) is 0 Å². The minimum Gasteiger partial charge on any atom is -0.299 e. The Bertz CT molecular complexity index is 922. The average molecular weight is 375 g/mol. The van der Waals surface area contributed by atoms with Crippen molar-refractivity contribution in [3.63, 3.8) is 0 Å². The van der Waals surface area contributed by atoms with E-state index in [2.05, 4.69) is 89.2 Å². The third kappa shape index (κ3) is 3.85. The molecule has 0 aromatic heterocycles. The molecular weight excluding hydrogens is 340 g/mol. The van der Waals surface area contributed by atoms with Crippen molar-refractivity contribution in [2.45, 2.75) is 66.7 Å². The molecule has 0 heterocycles. The normalized spacial score (nSPS) is 14.3. The summed E-state index contributed by atoms with van der Waals surface area (Å²) in [4.78, 5) is 13.5. The summed E-state index contributed by atoms with van der Waals surface area (Å²) in [6.07, 6.45) is 4.62. The van der Waals surface area contributed by atoms with Crippen LogP contribution in [-0.2, 0) is 11.2 Å². The first kappa shape index (κ1) is 20.6. The molecule has 1 nitrogen and oxygen atoms in total. The molecule has 0 fully saturated rings. The Morgan fingerprint density at radius 3 is 1.89 bits per heavy atom. The monoisotopic (exact) mass is 374 g/mol. The summed E-state index contributed by atoms with van der Waals surface area (Å²) < 4.78 is 0. The number of benzene rings is 3. The molecule has 3 rings (SSSR count). The number of ketones is 1. The van der Waals surface area contributed by atoms with E-state index in [1.807, 2.05) is 0 Å². The fraction of sp³-hybridized carbons (Fsp3) is 0.444. The molecule has 0 aliphatic carbocycles. The highest BCUT2D eigenvalue weighted by Gasteiger charge is 2.42. The van der Waals surface area contributed by atoms with E-state index in [1.54, 1.807) is 0 Å². The zero-order chi connectivity index (χ0) is 20.4. The lowest BCUT2D eigenvalue weighted by molar-refractivity contribution is -0.134. The van der Waals surface area contributed by atoms with Crippen molar-refractivity contribution >= 4 is 27.3 Å². The number of unbranched alkanes of at least 4 members (excludes halogenated alkanes) is 1. The van der Waals surface area contributed by atoms with Crippen molar-refractivity contribution in [1.29, 1.82) is 0 Å². The van der Waals surface area contributed by atoms with Crippen molar-refractivity contribution in [1.82, 2.24) is 0 Å². The highest BCUT2D eigenvalue weighted by Crippen LogP contribution is 2.44. The maximum absolute atomic E-state index is 13.5. The molecule has 0 spiro atoms. The van der Waals surface area contributed by atoms with Crippen LogP contribution in [0.25, 0.3) is 21.5 Å². The Hall–Kier alpha value is -2.15. The number of Topliss-reactive ketones (excluding diaryl/α,β-unsaturated/α-hetero) is 1. The van der Waals surface area contributed by atoms with E-state index >= 15 is 0 Å². The zero-order valence-corrected chi connectivity index (χ0v) is 18.1. The molecule has 3 aromatic rings. The molecule has 0 N–H and O–H groups in total. The lowest BCUT2D eigenvalue weighted by Gasteiger charge is -2.41. The second-order valence-corrected chi connectivity index (χ2v) is 9.41. The van der Waals surface area contributed by atoms with Crippen LogP contribution in [0.3, 0.4) is 0 Å². The molecule has 0 saturated carbocycles. The van der Waals surface area contributed by atoms with Crippen LogP contribution in [0.5, 0.6) is 0 Å². The van der Waals surface area contributed by atoms with Crippen LogP contribution in [0.2, 0.25) is 0 Å². The quantitative estimate of drug-likeness (QED) is 0.387. The van der Waals surface area contributed by atoms with E-state index < -0.39 is 0 Å². The van der Waals surface area contributed by atoms with Gasteiger partial charge in [-0.05, 0) is 51.4 Å². The lowest BCUT2D eigenvalue weighted by Crippen LogP contribution is -2.40. The van der Waals surface area contributed by atoms with E-state index in [0.717, 1.165) is 25.7 Å². The van der Waals surface area contributed by atoms with Crippen molar-refractivity contribution in [3.8, 4) is 0 Å². The fourth-order valence-electron chi connectivity index (χ4n) is 4.35. The van der Waals surface area contributed by atoms with E-state index in [4.69, 9.17) is 0 Å². The molecule has 0 amide bonds. The molecule has 28 heavy (non-hydrogen) atoms. The average Bonchev–Trinajstić information content (AvgIpc) is 2.68. The predicted molar refractivity (Wildman–Crippen MR) is 122 cm³/mol. The van der Waals surface area contributed by atoms with Crippen LogP contribution in [-0.4, -0.2) is 5.78 Å².